The molecule has 0 aliphatic rings. The lowest BCUT2D eigenvalue weighted by molar-refractivity contribution is 0.613. The summed E-state index contributed by atoms with van der Waals surface area (Å²) in [6, 6.07) is 6.67. The van der Waals surface area contributed by atoms with Crippen LogP contribution in [0.1, 0.15) is 21.4 Å². The van der Waals surface area contributed by atoms with E-state index in [0.29, 0.717) is 9.90 Å². The maximum Gasteiger partial charge on any atom is 0.146 e. The van der Waals surface area contributed by atoms with Crippen molar-refractivity contribution in [3.05, 3.63) is 55.4 Å². The standard InChI is InChI=1S/C12H8Cl3FS/c1-6-5-9(17-12(6)15)10(14)7-3-2-4-8(13)11(7)16/h2-5,10H,1H3. The molecule has 2 rings (SSSR count). The molecule has 1 heterocycles. The van der Waals surface area contributed by atoms with E-state index in [1.807, 2.05) is 13.0 Å². The molecule has 0 fully saturated rings. The molecule has 0 radical (unpaired) electrons. The van der Waals surface area contributed by atoms with Crippen LogP contribution in [0.15, 0.2) is 24.3 Å². The molecule has 0 aliphatic heterocycles. The maximum absolute atomic E-state index is 13.8. The third-order valence-corrected chi connectivity index (χ3v) is 4.89. The molecule has 0 bridgehead atoms. The lowest BCUT2D eigenvalue weighted by atomic mass is 10.1. The normalized spacial score (nSPS) is 12.8. The Morgan fingerprint density at radius 2 is 2.00 bits per heavy atom. The molecule has 17 heavy (non-hydrogen) atoms. The maximum atomic E-state index is 13.8. The van der Waals surface area contributed by atoms with E-state index in [2.05, 4.69) is 0 Å². The number of hydrogen-bond donors (Lipinski definition) is 0. The van der Waals surface area contributed by atoms with Gasteiger partial charge >= 0.3 is 0 Å². The topological polar surface area (TPSA) is 0 Å². The number of benzene rings is 1. The van der Waals surface area contributed by atoms with Crippen LogP contribution >= 0.6 is 46.1 Å². The molecule has 1 unspecified atom stereocenters. The number of alkyl halides is 1. The van der Waals surface area contributed by atoms with Gasteiger partial charge in [-0.2, -0.15) is 0 Å². The van der Waals surface area contributed by atoms with E-state index in [4.69, 9.17) is 34.8 Å². The van der Waals surface area contributed by atoms with Crippen molar-refractivity contribution in [1.82, 2.24) is 0 Å². The van der Waals surface area contributed by atoms with E-state index in [1.54, 1.807) is 12.1 Å². The summed E-state index contributed by atoms with van der Waals surface area (Å²) < 4.78 is 14.5. The second kappa shape index (κ2) is 5.15. The number of thiophene rings is 1. The van der Waals surface area contributed by atoms with Crippen LogP contribution in [0.2, 0.25) is 9.36 Å². The molecule has 0 aliphatic carbocycles. The van der Waals surface area contributed by atoms with E-state index >= 15 is 0 Å². The van der Waals surface area contributed by atoms with Gasteiger partial charge in [-0.15, -0.1) is 22.9 Å². The van der Waals surface area contributed by atoms with Gasteiger partial charge in [-0.1, -0.05) is 35.3 Å². The predicted molar refractivity (Wildman–Crippen MR) is 73.2 cm³/mol. The third-order valence-electron chi connectivity index (χ3n) is 2.38. The van der Waals surface area contributed by atoms with Crippen molar-refractivity contribution in [2.24, 2.45) is 0 Å². The third kappa shape index (κ3) is 2.60. The molecule has 2 aromatic rings. The van der Waals surface area contributed by atoms with Gasteiger partial charge in [0.25, 0.3) is 0 Å². The van der Waals surface area contributed by atoms with Gasteiger partial charge in [-0.25, -0.2) is 4.39 Å². The summed E-state index contributed by atoms with van der Waals surface area (Å²) in [5, 5.41) is -0.488. The Bertz CT molecular complexity index is 531. The molecule has 1 atom stereocenters. The van der Waals surface area contributed by atoms with Gasteiger partial charge < -0.3 is 0 Å². The Morgan fingerprint density at radius 1 is 1.29 bits per heavy atom. The number of hydrogen-bond acceptors (Lipinski definition) is 1. The molecule has 1 aromatic heterocycles. The molecule has 0 nitrogen and oxygen atoms in total. The van der Waals surface area contributed by atoms with Crippen LogP contribution in [0.25, 0.3) is 0 Å². The summed E-state index contributed by atoms with van der Waals surface area (Å²) in [5.74, 6) is -0.476. The van der Waals surface area contributed by atoms with Gasteiger partial charge in [0.1, 0.15) is 5.82 Å². The second-order valence-corrected chi connectivity index (χ2v) is 6.14. The summed E-state index contributed by atoms with van der Waals surface area (Å²) in [5.41, 5.74) is 1.32. The first-order valence-corrected chi connectivity index (χ1v) is 6.85. The molecular weight excluding hydrogens is 302 g/mol. The SMILES string of the molecule is Cc1cc(C(Cl)c2cccc(Cl)c2F)sc1Cl. The Balaban J connectivity index is 2.43. The van der Waals surface area contributed by atoms with E-state index < -0.39 is 11.2 Å². The number of halogens is 4. The summed E-state index contributed by atoms with van der Waals surface area (Å²) in [4.78, 5) is 0.815. The highest BCUT2D eigenvalue weighted by atomic mass is 35.5. The Morgan fingerprint density at radius 3 is 2.59 bits per heavy atom. The molecule has 0 N–H and O–H groups in total. The summed E-state index contributed by atoms with van der Waals surface area (Å²) in [7, 11) is 0. The lowest BCUT2D eigenvalue weighted by Gasteiger charge is -2.09. The number of aryl methyl sites for hydroxylation is 1. The van der Waals surface area contributed by atoms with Crippen LogP contribution in [-0.4, -0.2) is 0 Å². The van der Waals surface area contributed by atoms with Gasteiger partial charge in [0.05, 0.1) is 14.7 Å². The first kappa shape index (κ1) is 13.2. The molecule has 1 aromatic carbocycles. The highest BCUT2D eigenvalue weighted by Crippen LogP contribution is 2.39. The van der Waals surface area contributed by atoms with Crippen LogP contribution in [0.3, 0.4) is 0 Å². The minimum Gasteiger partial charge on any atom is -0.205 e. The highest BCUT2D eigenvalue weighted by Gasteiger charge is 2.19. The van der Waals surface area contributed by atoms with Crippen molar-refractivity contribution in [1.29, 1.82) is 0 Å². The van der Waals surface area contributed by atoms with Gasteiger partial charge in [-0.05, 0) is 24.6 Å². The van der Waals surface area contributed by atoms with Gasteiger partial charge in [0, 0.05) is 10.4 Å². The molecular formula is C12H8Cl3FS. The van der Waals surface area contributed by atoms with Crippen LogP contribution in [0, 0.1) is 12.7 Å². The van der Waals surface area contributed by atoms with Crippen molar-refractivity contribution in [2.75, 3.05) is 0 Å². The van der Waals surface area contributed by atoms with Crippen LogP contribution in [0.4, 0.5) is 4.39 Å². The zero-order valence-corrected chi connectivity index (χ0v) is 11.9. The van der Waals surface area contributed by atoms with Gasteiger partial charge in [0.2, 0.25) is 0 Å². The smallest absolute Gasteiger partial charge is 0.146 e. The predicted octanol–water partition coefficient (Wildman–Crippen LogP) is 5.83. The Labute approximate surface area is 118 Å². The monoisotopic (exact) mass is 308 g/mol. The van der Waals surface area contributed by atoms with Crippen molar-refractivity contribution in [3.8, 4) is 0 Å². The van der Waals surface area contributed by atoms with Crippen molar-refractivity contribution in [2.45, 2.75) is 12.3 Å². The molecule has 0 spiro atoms. The largest absolute Gasteiger partial charge is 0.205 e. The Hall–Kier alpha value is -0.280. The first-order chi connectivity index (χ1) is 8.00. The number of rotatable bonds is 2. The van der Waals surface area contributed by atoms with Gasteiger partial charge in [-0.3, -0.25) is 0 Å². The van der Waals surface area contributed by atoms with E-state index in [9.17, 15) is 4.39 Å². The molecule has 0 saturated carbocycles. The zero-order chi connectivity index (χ0) is 12.6. The zero-order valence-electron chi connectivity index (χ0n) is 8.81. The Kier molecular flexibility index (Phi) is 3.99. The van der Waals surface area contributed by atoms with E-state index in [-0.39, 0.29) is 5.02 Å². The van der Waals surface area contributed by atoms with Crippen LogP contribution in [0.5, 0.6) is 0 Å². The molecule has 0 saturated heterocycles. The van der Waals surface area contributed by atoms with E-state index in [1.165, 1.54) is 17.4 Å². The fourth-order valence-electron chi connectivity index (χ4n) is 1.48. The molecule has 0 amide bonds. The van der Waals surface area contributed by atoms with Crippen molar-refractivity contribution >= 4 is 46.1 Å². The molecule has 90 valence electrons. The minimum atomic E-state index is -0.565. The summed E-state index contributed by atoms with van der Waals surface area (Å²) >= 11 is 19.3. The first-order valence-electron chi connectivity index (χ1n) is 4.84. The lowest BCUT2D eigenvalue weighted by Crippen LogP contribution is -1.95. The van der Waals surface area contributed by atoms with E-state index in [0.717, 1.165) is 10.4 Å². The van der Waals surface area contributed by atoms with Crippen LogP contribution in [-0.2, 0) is 0 Å². The quantitative estimate of drug-likeness (QED) is 0.612. The van der Waals surface area contributed by atoms with Crippen molar-refractivity contribution < 1.29 is 4.39 Å². The summed E-state index contributed by atoms with van der Waals surface area (Å²) in [6.07, 6.45) is 0. The summed E-state index contributed by atoms with van der Waals surface area (Å²) in [6.45, 7) is 1.89. The second-order valence-electron chi connectivity index (χ2n) is 3.61. The average Bonchev–Trinajstić information content (AvgIpc) is 2.62. The fourth-order valence-corrected chi connectivity index (χ4v) is 3.24. The van der Waals surface area contributed by atoms with Crippen LogP contribution < -0.4 is 0 Å². The van der Waals surface area contributed by atoms with Gasteiger partial charge in [0.15, 0.2) is 0 Å². The minimum absolute atomic E-state index is 0.0764. The van der Waals surface area contributed by atoms with Crippen molar-refractivity contribution in [3.63, 3.8) is 0 Å². The fraction of sp³-hybridized carbons (Fsp3) is 0.167. The average molecular weight is 310 g/mol. The highest BCUT2D eigenvalue weighted by molar-refractivity contribution is 7.16. The molecule has 5 heteroatoms.